The predicted octanol–water partition coefficient (Wildman–Crippen LogP) is 1.78. The Kier molecular flexibility index (Phi) is 4.19. The van der Waals surface area contributed by atoms with Crippen LogP contribution in [0.4, 0.5) is 4.39 Å². The van der Waals surface area contributed by atoms with E-state index in [0.717, 1.165) is 0 Å². The SMILES string of the molecule is CCN1CCN(Cc2cccc(F)c2Br)C(=O)C1=O. The van der Waals surface area contributed by atoms with E-state index >= 15 is 0 Å². The molecule has 0 spiro atoms. The second kappa shape index (κ2) is 5.69. The van der Waals surface area contributed by atoms with Crippen molar-refractivity contribution in [2.75, 3.05) is 19.6 Å². The third kappa shape index (κ3) is 2.78. The van der Waals surface area contributed by atoms with Crippen LogP contribution in [-0.4, -0.2) is 41.2 Å². The van der Waals surface area contributed by atoms with Gasteiger partial charge < -0.3 is 9.80 Å². The molecule has 1 saturated heterocycles. The van der Waals surface area contributed by atoms with E-state index in [1.807, 2.05) is 6.92 Å². The molecule has 2 rings (SSSR count). The van der Waals surface area contributed by atoms with Crippen LogP contribution in [0.1, 0.15) is 12.5 Å². The van der Waals surface area contributed by atoms with Crippen LogP contribution in [0, 0.1) is 5.82 Å². The Morgan fingerprint density at radius 1 is 1.21 bits per heavy atom. The van der Waals surface area contributed by atoms with Gasteiger partial charge in [0.25, 0.3) is 0 Å². The van der Waals surface area contributed by atoms with Crippen LogP contribution in [0.25, 0.3) is 0 Å². The standard InChI is InChI=1S/C13H14BrFN2O2/c1-2-16-6-7-17(13(19)12(16)18)8-9-4-3-5-10(15)11(9)14/h3-5H,2,6-8H2,1H3. The first-order valence-corrected chi connectivity index (χ1v) is 6.85. The summed E-state index contributed by atoms with van der Waals surface area (Å²) in [6.45, 7) is 3.60. The summed E-state index contributed by atoms with van der Waals surface area (Å²) < 4.78 is 13.7. The normalized spacial score (nSPS) is 16.2. The van der Waals surface area contributed by atoms with E-state index in [1.54, 1.807) is 12.1 Å². The van der Waals surface area contributed by atoms with Crippen LogP contribution < -0.4 is 0 Å². The number of hydrogen-bond acceptors (Lipinski definition) is 2. The van der Waals surface area contributed by atoms with Crippen LogP contribution in [0.5, 0.6) is 0 Å². The molecule has 0 saturated carbocycles. The van der Waals surface area contributed by atoms with Crippen molar-refractivity contribution in [1.29, 1.82) is 0 Å². The number of halogens is 2. The quantitative estimate of drug-likeness (QED) is 0.793. The number of hydrogen-bond donors (Lipinski definition) is 0. The van der Waals surface area contributed by atoms with Crippen molar-refractivity contribution in [3.8, 4) is 0 Å². The van der Waals surface area contributed by atoms with Crippen molar-refractivity contribution in [2.24, 2.45) is 0 Å². The van der Waals surface area contributed by atoms with Gasteiger partial charge in [-0.1, -0.05) is 12.1 Å². The van der Waals surface area contributed by atoms with Crippen LogP contribution in [0.3, 0.4) is 0 Å². The Morgan fingerprint density at radius 2 is 1.84 bits per heavy atom. The molecule has 0 aromatic heterocycles. The van der Waals surface area contributed by atoms with Crippen molar-refractivity contribution in [3.05, 3.63) is 34.1 Å². The molecule has 0 aliphatic carbocycles. The highest BCUT2D eigenvalue weighted by Crippen LogP contribution is 2.22. The molecule has 0 bridgehead atoms. The number of benzene rings is 1. The van der Waals surface area contributed by atoms with Crippen LogP contribution in [-0.2, 0) is 16.1 Å². The highest BCUT2D eigenvalue weighted by atomic mass is 79.9. The van der Waals surface area contributed by atoms with Crippen molar-refractivity contribution < 1.29 is 14.0 Å². The molecule has 0 atom stereocenters. The molecule has 1 aliphatic rings. The fourth-order valence-corrected chi connectivity index (χ4v) is 2.43. The highest BCUT2D eigenvalue weighted by molar-refractivity contribution is 9.10. The fourth-order valence-electron chi connectivity index (χ4n) is 2.04. The molecule has 1 heterocycles. The van der Waals surface area contributed by atoms with Gasteiger partial charge in [-0.05, 0) is 34.5 Å². The molecule has 1 aromatic rings. The van der Waals surface area contributed by atoms with Crippen LogP contribution in [0.15, 0.2) is 22.7 Å². The average Bonchev–Trinajstić information content (AvgIpc) is 2.40. The zero-order chi connectivity index (χ0) is 14.0. The Hall–Kier alpha value is -1.43. The van der Waals surface area contributed by atoms with Crippen molar-refractivity contribution >= 4 is 27.7 Å². The van der Waals surface area contributed by atoms with Gasteiger partial charge in [0.1, 0.15) is 5.82 Å². The number of carbonyl (C=O) groups is 2. The molecule has 1 fully saturated rings. The molecule has 0 N–H and O–H groups in total. The summed E-state index contributed by atoms with van der Waals surface area (Å²) in [6, 6.07) is 4.66. The summed E-state index contributed by atoms with van der Waals surface area (Å²) in [4.78, 5) is 26.6. The molecule has 102 valence electrons. The second-order valence-corrected chi connectivity index (χ2v) is 5.12. The summed E-state index contributed by atoms with van der Waals surface area (Å²) >= 11 is 3.16. The molecule has 1 aliphatic heterocycles. The van der Waals surface area contributed by atoms with E-state index < -0.39 is 11.8 Å². The van der Waals surface area contributed by atoms with Crippen molar-refractivity contribution in [2.45, 2.75) is 13.5 Å². The number of piperazine rings is 1. The van der Waals surface area contributed by atoms with Gasteiger partial charge in [-0.2, -0.15) is 0 Å². The maximum absolute atomic E-state index is 13.4. The lowest BCUT2D eigenvalue weighted by Gasteiger charge is -2.33. The first-order valence-electron chi connectivity index (χ1n) is 6.05. The van der Waals surface area contributed by atoms with E-state index in [0.29, 0.717) is 29.7 Å². The van der Waals surface area contributed by atoms with Crippen LogP contribution >= 0.6 is 15.9 Å². The molecule has 4 nitrogen and oxygen atoms in total. The Balaban J connectivity index is 2.14. The molecular weight excluding hydrogens is 315 g/mol. The minimum atomic E-state index is -0.524. The summed E-state index contributed by atoms with van der Waals surface area (Å²) in [5.74, 6) is -1.38. The van der Waals surface area contributed by atoms with E-state index in [4.69, 9.17) is 0 Å². The van der Waals surface area contributed by atoms with E-state index in [2.05, 4.69) is 15.9 Å². The second-order valence-electron chi connectivity index (χ2n) is 4.32. The molecule has 6 heteroatoms. The molecule has 0 radical (unpaired) electrons. The maximum Gasteiger partial charge on any atom is 0.312 e. The summed E-state index contributed by atoms with van der Waals surface area (Å²) in [5, 5.41) is 0. The predicted molar refractivity (Wildman–Crippen MR) is 71.8 cm³/mol. The largest absolute Gasteiger partial charge is 0.333 e. The van der Waals surface area contributed by atoms with Gasteiger partial charge in [0, 0.05) is 26.2 Å². The lowest BCUT2D eigenvalue weighted by atomic mass is 10.2. The first kappa shape index (κ1) is 14.0. The van der Waals surface area contributed by atoms with E-state index in [1.165, 1.54) is 15.9 Å². The number of carbonyl (C=O) groups excluding carboxylic acids is 2. The first-order chi connectivity index (χ1) is 9.04. The van der Waals surface area contributed by atoms with E-state index in [9.17, 15) is 14.0 Å². The van der Waals surface area contributed by atoms with Crippen molar-refractivity contribution in [3.63, 3.8) is 0 Å². The smallest absolute Gasteiger partial charge is 0.312 e. The van der Waals surface area contributed by atoms with Gasteiger partial charge in [-0.15, -0.1) is 0 Å². The highest BCUT2D eigenvalue weighted by Gasteiger charge is 2.31. The van der Waals surface area contributed by atoms with Gasteiger partial charge in [0.05, 0.1) is 4.47 Å². The number of amides is 2. The van der Waals surface area contributed by atoms with Gasteiger partial charge in [0.2, 0.25) is 0 Å². The van der Waals surface area contributed by atoms with Crippen LogP contribution in [0.2, 0.25) is 0 Å². The topological polar surface area (TPSA) is 40.6 Å². The molecule has 2 amide bonds. The average molecular weight is 329 g/mol. The number of nitrogens with zero attached hydrogens (tertiary/aromatic N) is 2. The molecule has 1 aromatic carbocycles. The molecule has 0 unspecified atom stereocenters. The lowest BCUT2D eigenvalue weighted by Crippen LogP contribution is -2.53. The molecular formula is C13H14BrFN2O2. The summed E-state index contributed by atoms with van der Waals surface area (Å²) in [7, 11) is 0. The lowest BCUT2D eigenvalue weighted by molar-refractivity contribution is -0.156. The van der Waals surface area contributed by atoms with Gasteiger partial charge in [-0.3, -0.25) is 9.59 Å². The number of likely N-dealkylation sites (N-methyl/N-ethyl adjacent to an activating group) is 1. The van der Waals surface area contributed by atoms with Crippen molar-refractivity contribution in [1.82, 2.24) is 9.80 Å². The number of rotatable bonds is 3. The minimum Gasteiger partial charge on any atom is -0.333 e. The van der Waals surface area contributed by atoms with Gasteiger partial charge in [0.15, 0.2) is 0 Å². The third-order valence-electron chi connectivity index (χ3n) is 3.17. The van der Waals surface area contributed by atoms with E-state index in [-0.39, 0.29) is 12.4 Å². The molecule has 19 heavy (non-hydrogen) atoms. The summed E-state index contributed by atoms with van der Waals surface area (Å²) in [6.07, 6.45) is 0. The zero-order valence-corrected chi connectivity index (χ0v) is 12.1. The monoisotopic (exact) mass is 328 g/mol. The van der Waals surface area contributed by atoms with Gasteiger partial charge >= 0.3 is 11.8 Å². The minimum absolute atomic E-state index is 0.237. The van der Waals surface area contributed by atoms with Gasteiger partial charge in [-0.25, -0.2) is 4.39 Å². The Morgan fingerprint density at radius 3 is 2.53 bits per heavy atom. The fraction of sp³-hybridized carbons (Fsp3) is 0.385. The Bertz CT molecular complexity index is 521. The summed E-state index contributed by atoms with van der Waals surface area (Å²) in [5.41, 5.74) is 0.658. The zero-order valence-electron chi connectivity index (χ0n) is 10.5. The Labute approximate surface area is 119 Å². The third-order valence-corrected chi connectivity index (χ3v) is 4.06. The maximum atomic E-state index is 13.4.